The van der Waals surface area contributed by atoms with Crippen LogP contribution in [-0.2, 0) is 10.5 Å². The van der Waals surface area contributed by atoms with E-state index in [9.17, 15) is 9.18 Å². The molecule has 0 aliphatic heterocycles. The van der Waals surface area contributed by atoms with Crippen LogP contribution in [0.3, 0.4) is 0 Å². The first-order valence-electron chi connectivity index (χ1n) is 5.64. The summed E-state index contributed by atoms with van der Waals surface area (Å²) < 4.78 is 12.7. The molecule has 1 aromatic rings. The summed E-state index contributed by atoms with van der Waals surface area (Å²) in [6.07, 6.45) is 2.33. The zero-order valence-corrected chi connectivity index (χ0v) is 10.3. The van der Waals surface area contributed by atoms with E-state index in [-0.39, 0.29) is 17.7 Å². The Morgan fingerprint density at radius 3 is 2.53 bits per heavy atom. The monoisotopic (exact) mass is 254 g/mol. The number of aliphatic carboxylic acids is 1. The first kappa shape index (κ1) is 12.4. The molecule has 0 radical (unpaired) electrons. The molecule has 0 amide bonds. The van der Waals surface area contributed by atoms with Crippen LogP contribution in [0.4, 0.5) is 4.39 Å². The van der Waals surface area contributed by atoms with Gasteiger partial charge in [-0.05, 0) is 41.7 Å². The van der Waals surface area contributed by atoms with E-state index < -0.39 is 5.97 Å². The highest BCUT2D eigenvalue weighted by molar-refractivity contribution is 7.98. The Morgan fingerprint density at radius 1 is 1.35 bits per heavy atom. The molecule has 1 aliphatic carbocycles. The van der Waals surface area contributed by atoms with E-state index in [0.29, 0.717) is 0 Å². The van der Waals surface area contributed by atoms with Gasteiger partial charge >= 0.3 is 5.97 Å². The lowest BCUT2D eigenvalue weighted by Crippen LogP contribution is -2.11. The highest BCUT2D eigenvalue weighted by Crippen LogP contribution is 2.51. The summed E-state index contributed by atoms with van der Waals surface area (Å²) in [7, 11) is 0. The van der Waals surface area contributed by atoms with Crippen LogP contribution < -0.4 is 0 Å². The fraction of sp³-hybridized carbons (Fsp3) is 0.462. The van der Waals surface area contributed by atoms with E-state index in [1.165, 1.54) is 12.1 Å². The standard InChI is InChI=1S/C13H15FO2S/c14-11-3-1-10(2-4-11)8-17-9-13(5-6-13)7-12(15)16/h1-4H,5-9H2,(H,15,16). The molecule has 1 aromatic carbocycles. The van der Waals surface area contributed by atoms with Crippen molar-refractivity contribution in [1.29, 1.82) is 0 Å². The second kappa shape index (κ2) is 5.08. The number of carbonyl (C=O) groups is 1. The summed E-state index contributed by atoms with van der Waals surface area (Å²) in [5.74, 6) is 0.784. The number of halogens is 1. The molecule has 0 bridgehead atoms. The highest BCUT2D eigenvalue weighted by atomic mass is 32.2. The minimum absolute atomic E-state index is 0.0382. The van der Waals surface area contributed by atoms with Gasteiger partial charge in [0.1, 0.15) is 5.82 Å². The molecule has 4 heteroatoms. The molecule has 1 aliphatic rings. The topological polar surface area (TPSA) is 37.3 Å². The average molecular weight is 254 g/mol. The van der Waals surface area contributed by atoms with E-state index in [1.54, 1.807) is 23.9 Å². The number of carboxylic acids is 1. The van der Waals surface area contributed by atoms with E-state index in [1.807, 2.05) is 0 Å². The van der Waals surface area contributed by atoms with Crippen LogP contribution in [0.1, 0.15) is 24.8 Å². The summed E-state index contributed by atoms with van der Waals surface area (Å²) in [5.41, 5.74) is 1.12. The quantitative estimate of drug-likeness (QED) is 0.846. The van der Waals surface area contributed by atoms with Gasteiger partial charge in [-0.15, -0.1) is 0 Å². The van der Waals surface area contributed by atoms with Gasteiger partial charge in [-0.1, -0.05) is 12.1 Å². The Labute approximate surface area is 104 Å². The number of thioether (sulfide) groups is 1. The van der Waals surface area contributed by atoms with Crippen molar-refractivity contribution in [2.75, 3.05) is 5.75 Å². The second-order valence-corrected chi connectivity index (χ2v) is 5.68. The SMILES string of the molecule is O=C(O)CC1(CSCc2ccc(F)cc2)CC1. The van der Waals surface area contributed by atoms with Gasteiger partial charge in [0.05, 0.1) is 6.42 Å². The first-order valence-corrected chi connectivity index (χ1v) is 6.79. The van der Waals surface area contributed by atoms with Gasteiger partial charge < -0.3 is 5.11 Å². The molecular weight excluding hydrogens is 239 g/mol. The zero-order valence-electron chi connectivity index (χ0n) is 9.49. The average Bonchev–Trinajstić information content (AvgIpc) is 3.00. The van der Waals surface area contributed by atoms with Crippen molar-refractivity contribution in [2.24, 2.45) is 5.41 Å². The van der Waals surface area contributed by atoms with Gasteiger partial charge in [0.2, 0.25) is 0 Å². The summed E-state index contributed by atoms with van der Waals surface area (Å²) in [5, 5.41) is 8.79. The molecule has 2 rings (SSSR count). The van der Waals surface area contributed by atoms with Crippen molar-refractivity contribution in [3.63, 3.8) is 0 Å². The van der Waals surface area contributed by atoms with Gasteiger partial charge in [-0.3, -0.25) is 4.79 Å². The molecule has 1 N–H and O–H groups in total. The van der Waals surface area contributed by atoms with Crippen LogP contribution in [0.5, 0.6) is 0 Å². The van der Waals surface area contributed by atoms with Crippen molar-refractivity contribution in [2.45, 2.75) is 25.0 Å². The fourth-order valence-corrected chi connectivity index (χ4v) is 3.19. The van der Waals surface area contributed by atoms with Gasteiger partial charge in [0, 0.05) is 5.75 Å². The van der Waals surface area contributed by atoms with Gasteiger partial charge in [0.15, 0.2) is 0 Å². The lowest BCUT2D eigenvalue weighted by atomic mass is 10.1. The molecule has 92 valence electrons. The van der Waals surface area contributed by atoms with Crippen LogP contribution >= 0.6 is 11.8 Å². The number of hydrogen-bond acceptors (Lipinski definition) is 2. The predicted octanol–water partition coefficient (Wildman–Crippen LogP) is 3.31. The molecule has 0 spiro atoms. The molecule has 0 heterocycles. The maximum atomic E-state index is 12.7. The minimum atomic E-state index is -0.704. The summed E-state index contributed by atoms with van der Waals surface area (Å²) in [6, 6.07) is 6.47. The van der Waals surface area contributed by atoms with Crippen LogP contribution in [0, 0.1) is 11.2 Å². The Balaban J connectivity index is 1.76. The minimum Gasteiger partial charge on any atom is -0.481 e. The third-order valence-corrected chi connectivity index (χ3v) is 4.43. The van der Waals surface area contributed by atoms with E-state index >= 15 is 0 Å². The van der Waals surface area contributed by atoms with Crippen molar-refractivity contribution in [3.8, 4) is 0 Å². The Hall–Kier alpha value is -1.03. The molecule has 0 unspecified atom stereocenters. The maximum absolute atomic E-state index is 12.7. The van der Waals surface area contributed by atoms with Gasteiger partial charge in [-0.25, -0.2) is 4.39 Å². The largest absolute Gasteiger partial charge is 0.481 e. The van der Waals surface area contributed by atoms with Crippen molar-refractivity contribution < 1.29 is 14.3 Å². The molecular formula is C13H15FO2S. The number of rotatable bonds is 6. The molecule has 17 heavy (non-hydrogen) atoms. The van der Waals surface area contributed by atoms with E-state index in [4.69, 9.17) is 5.11 Å². The summed E-state index contributed by atoms with van der Waals surface area (Å²) in [4.78, 5) is 10.7. The summed E-state index contributed by atoms with van der Waals surface area (Å²) in [6.45, 7) is 0. The fourth-order valence-electron chi connectivity index (χ4n) is 1.84. The normalized spacial score (nSPS) is 16.8. The number of carboxylic acid groups (broad SMARTS) is 1. The maximum Gasteiger partial charge on any atom is 0.303 e. The lowest BCUT2D eigenvalue weighted by Gasteiger charge is -2.11. The highest BCUT2D eigenvalue weighted by Gasteiger charge is 2.43. The first-order chi connectivity index (χ1) is 8.10. The van der Waals surface area contributed by atoms with Crippen molar-refractivity contribution in [1.82, 2.24) is 0 Å². The molecule has 0 aromatic heterocycles. The second-order valence-electron chi connectivity index (χ2n) is 4.69. The van der Waals surface area contributed by atoms with Gasteiger partial charge in [-0.2, -0.15) is 11.8 Å². The van der Waals surface area contributed by atoms with Crippen LogP contribution in [0.2, 0.25) is 0 Å². The molecule has 2 nitrogen and oxygen atoms in total. The van der Waals surface area contributed by atoms with Gasteiger partial charge in [0.25, 0.3) is 0 Å². The molecule has 0 atom stereocenters. The predicted molar refractivity (Wildman–Crippen MR) is 66.5 cm³/mol. The van der Waals surface area contributed by atoms with Crippen LogP contribution in [-0.4, -0.2) is 16.8 Å². The molecule has 1 fully saturated rings. The lowest BCUT2D eigenvalue weighted by molar-refractivity contribution is -0.138. The third-order valence-electron chi connectivity index (χ3n) is 3.07. The van der Waals surface area contributed by atoms with E-state index in [2.05, 4.69) is 0 Å². The zero-order chi connectivity index (χ0) is 12.3. The summed E-state index contributed by atoms with van der Waals surface area (Å²) >= 11 is 1.74. The molecule has 1 saturated carbocycles. The Kier molecular flexibility index (Phi) is 3.72. The third kappa shape index (κ3) is 3.73. The van der Waals surface area contributed by atoms with Crippen LogP contribution in [0.25, 0.3) is 0 Å². The number of benzene rings is 1. The van der Waals surface area contributed by atoms with Crippen LogP contribution in [0.15, 0.2) is 24.3 Å². The number of hydrogen-bond donors (Lipinski definition) is 1. The van der Waals surface area contributed by atoms with Crippen molar-refractivity contribution >= 4 is 17.7 Å². The Morgan fingerprint density at radius 2 is 2.00 bits per heavy atom. The van der Waals surface area contributed by atoms with Crippen molar-refractivity contribution in [3.05, 3.63) is 35.6 Å². The molecule has 0 saturated heterocycles. The van der Waals surface area contributed by atoms with E-state index in [0.717, 1.165) is 29.9 Å². The smallest absolute Gasteiger partial charge is 0.303 e. The Bertz CT molecular complexity index is 398.